The number of ether oxygens (including phenoxy) is 1. The Bertz CT molecular complexity index is 1100. The summed E-state index contributed by atoms with van der Waals surface area (Å²) in [6.07, 6.45) is 1.53. The fourth-order valence-corrected chi connectivity index (χ4v) is 3.91. The molecular weight excluding hydrogens is 451 g/mol. The van der Waals surface area contributed by atoms with Crippen molar-refractivity contribution in [1.82, 2.24) is 5.32 Å². The van der Waals surface area contributed by atoms with E-state index in [0.717, 1.165) is 17.3 Å². The predicted molar refractivity (Wildman–Crippen MR) is 116 cm³/mol. The minimum absolute atomic E-state index is 0.117. The largest absolute Gasteiger partial charge is 0.487 e. The summed E-state index contributed by atoms with van der Waals surface area (Å²) in [5, 5.41) is 12.2. The number of carbonyl (C=O) groups excluding carboxylic acids is 2. The van der Waals surface area contributed by atoms with Crippen molar-refractivity contribution in [3.05, 3.63) is 68.0 Å². The molecule has 0 saturated carbocycles. The summed E-state index contributed by atoms with van der Waals surface area (Å²) >= 11 is 13.4. The highest BCUT2D eigenvalue weighted by Crippen LogP contribution is 2.37. The highest BCUT2D eigenvalue weighted by atomic mass is 35.5. The minimum Gasteiger partial charge on any atom is -0.487 e. The van der Waals surface area contributed by atoms with Gasteiger partial charge in [-0.05, 0) is 47.7 Å². The predicted octanol–water partition coefficient (Wildman–Crippen LogP) is 4.38. The molecule has 1 aliphatic rings. The number of halogens is 2. The van der Waals surface area contributed by atoms with E-state index in [1.54, 1.807) is 18.2 Å². The van der Waals surface area contributed by atoms with Crippen LogP contribution in [-0.4, -0.2) is 28.1 Å². The molecule has 10 heteroatoms. The van der Waals surface area contributed by atoms with Crippen molar-refractivity contribution >= 4 is 64.0 Å². The van der Waals surface area contributed by atoms with Crippen LogP contribution < -0.4 is 10.1 Å². The van der Waals surface area contributed by atoms with Crippen LogP contribution in [0.4, 0.5) is 0 Å². The number of aliphatic imine (C=N–C) groups is 1. The molecule has 154 valence electrons. The van der Waals surface area contributed by atoms with Gasteiger partial charge in [0.2, 0.25) is 5.91 Å². The number of nitrogens with one attached hydrogen (secondary N) is 1. The average molecular weight is 465 g/mol. The van der Waals surface area contributed by atoms with Crippen LogP contribution >= 0.6 is 35.0 Å². The summed E-state index contributed by atoms with van der Waals surface area (Å²) in [4.78, 5) is 38.3. The van der Waals surface area contributed by atoms with E-state index < -0.39 is 11.9 Å². The minimum atomic E-state index is -1.02. The lowest BCUT2D eigenvalue weighted by atomic mass is 10.1. The van der Waals surface area contributed by atoms with Crippen LogP contribution in [0.15, 0.2) is 46.3 Å². The Morgan fingerprint density at radius 3 is 2.57 bits per heavy atom. The Morgan fingerprint density at radius 1 is 1.23 bits per heavy atom. The number of hydrogen-bond donors (Lipinski definition) is 2. The lowest BCUT2D eigenvalue weighted by Crippen LogP contribution is -2.23. The van der Waals surface area contributed by atoms with E-state index in [4.69, 9.17) is 33.0 Å². The first kappa shape index (κ1) is 21.9. The quantitative estimate of drug-likeness (QED) is 0.636. The zero-order valence-corrected chi connectivity index (χ0v) is 17.8. The molecule has 0 bridgehead atoms. The Morgan fingerprint density at radius 2 is 1.93 bits per heavy atom. The molecule has 0 spiro atoms. The first-order valence-electron chi connectivity index (χ1n) is 8.47. The molecule has 1 heterocycles. The van der Waals surface area contributed by atoms with Crippen molar-refractivity contribution in [3.63, 3.8) is 0 Å². The summed E-state index contributed by atoms with van der Waals surface area (Å²) in [6.45, 7) is 1.44. The maximum Gasteiger partial charge on any atom is 0.335 e. The van der Waals surface area contributed by atoms with Gasteiger partial charge in [0.25, 0.3) is 5.91 Å². The van der Waals surface area contributed by atoms with Crippen LogP contribution in [0.5, 0.6) is 5.75 Å². The summed E-state index contributed by atoms with van der Waals surface area (Å²) in [7, 11) is 0. The van der Waals surface area contributed by atoms with Gasteiger partial charge in [0.05, 0.1) is 15.5 Å². The third kappa shape index (κ3) is 5.41. The second kappa shape index (κ2) is 9.34. The number of nitrogens with zero attached hydrogens (tertiary/aromatic N) is 1. The summed E-state index contributed by atoms with van der Waals surface area (Å²) in [6, 6.07) is 9.32. The topological polar surface area (TPSA) is 105 Å². The van der Waals surface area contributed by atoms with E-state index in [2.05, 4.69) is 10.3 Å². The third-order valence-electron chi connectivity index (χ3n) is 3.81. The molecule has 2 aromatic carbocycles. The SMILES string of the molecule is CC(=O)NC1=NC(=O)/C(=C\c2cc(Cl)cc(Cl)c2OCc2ccc(C(=O)O)cc2)S1. The van der Waals surface area contributed by atoms with Crippen LogP contribution in [-0.2, 0) is 16.2 Å². The van der Waals surface area contributed by atoms with Gasteiger partial charge in [-0.3, -0.25) is 9.59 Å². The van der Waals surface area contributed by atoms with E-state index in [0.29, 0.717) is 16.3 Å². The van der Waals surface area contributed by atoms with Crippen LogP contribution in [0.25, 0.3) is 6.08 Å². The summed E-state index contributed by atoms with van der Waals surface area (Å²) < 4.78 is 5.84. The number of aromatic carboxylic acids is 1. The zero-order valence-electron chi connectivity index (χ0n) is 15.4. The molecule has 0 saturated heterocycles. The molecular formula is C20H14Cl2N2O5S. The molecule has 3 rings (SSSR count). The Kier molecular flexibility index (Phi) is 6.81. The number of hydrogen-bond acceptors (Lipinski definition) is 5. The standard InChI is InChI=1S/C20H14Cl2N2O5S/c1-10(25)23-20-24-18(26)16(30-20)7-13-6-14(21)8-15(22)17(13)29-9-11-2-4-12(5-3-11)19(27)28/h2-8H,9H2,1H3,(H,27,28)(H,23,24,25,26)/b16-7+. The maximum atomic E-state index is 12.1. The summed E-state index contributed by atoms with van der Waals surface area (Å²) in [5.41, 5.74) is 1.36. The molecule has 0 fully saturated rings. The number of carbonyl (C=O) groups is 3. The first-order chi connectivity index (χ1) is 14.2. The van der Waals surface area contributed by atoms with E-state index in [-0.39, 0.29) is 33.2 Å². The molecule has 30 heavy (non-hydrogen) atoms. The van der Waals surface area contributed by atoms with Crippen LogP contribution in [0.3, 0.4) is 0 Å². The van der Waals surface area contributed by atoms with E-state index in [1.165, 1.54) is 31.2 Å². The molecule has 0 aromatic heterocycles. The van der Waals surface area contributed by atoms with Gasteiger partial charge >= 0.3 is 5.97 Å². The smallest absolute Gasteiger partial charge is 0.335 e. The number of amides is 2. The maximum absolute atomic E-state index is 12.1. The van der Waals surface area contributed by atoms with Crippen LogP contribution in [0, 0.1) is 0 Å². The Hall–Kier alpha value is -2.81. The van der Waals surface area contributed by atoms with Crippen molar-refractivity contribution in [2.75, 3.05) is 0 Å². The van der Waals surface area contributed by atoms with E-state index in [9.17, 15) is 14.4 Å². The monoisotopic (exact) mass is 464 g/mol. The second-order valence-corrected chi connectivity index (χ2v) is 7.98. The van der Waals surface area contributed by atoms with Crippen LogP contribution in [0.1, 0.15) is 28.4 Å². The number of amidine groups is 1. The van der Waals surface area contributed by atoms with Gasteiger partial charge in [-0.1, -0.05) is 35.3 Å². The van der Waals surface area contributed by atoms with Gasteiger partial charge < -0.3 is 15.2 Å². The normalized spacial score (nSPS) is 14.6. The first-order valence-corrected chi connectivity index (χ1v) is 10.0. The Balaban J connectivity index is 1.83. The molecule has 2 amide bonds. The number of carboxylic acid groups (broad SMARTS) is 1. The molecule has 0 radical (unpaired) electrons. The third-order valence-corrected chi connectivity index (χ3v) is 5.21. The number of rotatable bonds is 5. The fourth-order valence-electron chi connectivity index (χ4n) is 2.49. The second-order valence-electron chi connectivity index (χ2n) is 6.11. The van der Waals surface area contributed by atoms with Gasteiger partial charge in [-0.15, -0.1) is 0 Å². The summed E-state index contributed by atoms with van der Waals surface area (Å²) in [5.74, 6) is -1.55. The zero-order chi connectivity index (χ0) is 21.8. The van der Waals surface area contributed by atoms with Crippen molar-refractivity contribution < 1.29 is 24.2 Å². The molecule has 0 atom stereocenters. The van der Waals surface area contributed by atoms with E-state index >= 15 is 0 Å². The van der Waals surface area contributed by atoms with E-state index in [1.807, 2.05) is 0 Å². The molecule has 1 aliphatic heterocycles. The van der Waals surface area contributed by atoms with Crippen molar-refractivity contribution in [2.24, 2.45) is 4.99 Å². The van der Waals surface area contributed by atoms with Crippen molar-refractivity contribution in [1.29, 1.82) is 0 Å². The number of benzene rings is 2. The Labute approximate surface area is 185 Å². The number of carboxylic acids is 1. The molecule has 2 N–H and O–H groups in total. The van der Waals surface area contributed by atoms with Gasteiger partial charge in [0.15, 0.2) is 5.17 Å². The molecule has 7 nitrogen and oxygen atoms in total. The van der Waals surface area contributed by atoms with Gasteiger partial charge in [0, 0.05) is 17.5 Å². The molecule has 0 unspecified atom stereocenters. The average Bonchev–Trinajstić information content (AvgIpc) is 2.99. The molecule has 0 aliphatic carbocycles. The van der Waals surface area contributed by atoms with Gasteiger partial charge in [-0.25, -0.2) is 4.79 Å². The van der Waals surface area contributed by atoms with Crippen LogP contribution in [0.2, 0.25) is 10.0 Å². The fraction of sp³-hybridized carbons (Fsp3) is 0.100. The highest BCUT2D eigenvalue weighted by molar-refractivity contribution is 8.18. The van der Waals surface area contributed by atoms with Gasteiger partial charge in [0.1, 0.15) is 12.4 Å². The number of thioether (sulfide) groups is 1. The lowest BCUT2D eigenvalue weighted by Gasteiger charge is -2.12. The lowest BCUT2D eigenvalue weighted by molar-refractivity contribution is -0.117. The van der Waals surface area contributed by atoms with Gasteiger partial charge in [-0.2, -0.15) is 4.99 Å². The van der Waals surface area contributed by atoms with Crippen molar-refractivity contribution in [2.45, 2.75) is 13.5 Å². The molecule has 2 aromatic rings. The highest BCUT2D eigenvalue weighted by Gasteiger charge is 2.23. The van der Waals surface area contributed by atoms with Crippen molar-refractivity contribution in [3.8, 4) is 5.75 Å².